The van der Waals surface area contributed by atoms with Crippen molar-refractivity contribution < 1.29 is 17.9 Å². The van der Waals surface area contributed by atoms with Crippen LogP contribution in [-0.4, -0.2) is 18.1 Å². The van der Waals surface area contributed by atoms with Gasteiger partial charge in [0.25, 0.3) is 5.56 Å². The van der Waals surface area contributed by atoms with Crippen LogP contribution in [0.3, 0.4) is 0 Å². The van der Waals surface area contributed by atoms with Crippen LogP contribution in [0.2, 0.25) is 15.1 Å². The van der Waals surface area contributed by atoms with Gasteiger partial charge in [-0.15, -0.1) is 0 Å². The molecule has 0 saturated carbocycles. The topological polar surface area (TPSA) is 107 Å². The first-order valence-corrected chi connectivity index (χ1v) is 13.0. The zero-order valence-corrected chi connectivity index (χ0v) is 21.1. The quantitative estimate of drug-likeness (QED) is 0.224. The number of para-hydroxylation sites is 1. The molecule has 0 unspecified atom stereocenters. The van der Waals surface area contributed by atoms with Gasteiger partial charge in [-0.25, -0.2) is 13.2 Å². The van der Waals surface area contributed by atoms with Gasteiger partial charge in [-0.1, -0.05) is 77.3 Å². The van der Waals surface area contributed by atoms with Crippen molar-refractivity contribution in [3.8, 4) is 5.75 Å². The first-order valence-electron chi connectivity index (χ1n) is 10.4. The summed E-state index contributed by atoms with van der Waals surface area (Å²) < 4.78 is 33.6. The Balaban J connectivity index is 1.88. The summed E-state index contributed by atoms with van der Waals surface area (Å²) in [6.07, 6.45) is 0. The Morgan fingerprint density at radius 2 is 1.50 bits per heavy atom. The molecule has 5 aromatic rings. The molecule has 0 radical (unpaired) electrons. The van der Waals surface area contributed by atoms with Gasteiger partial charge in [0, 0.05) is 5.39 Å². The van der Waals surface area contributed by atoms with E-state index in [1.165, 1.54) is 4.57 Å². The van der Waals surface area contributed by atoms with Gasteiger partial charge in [0.05, 0.1) is 32.0 Å². The smallest absolute Gasteiger partial charge is 0.359 e. The van der Waals surface area contributed by atoms with Crippen molar-refractivity contribution in [1.82, 2.24) is 4.57 Å². The number of hydrogen-bond donors (Lipinski definition) is 1. The fourth-order valence-electron chi connectivity index (χ4n) is 4.02. The Hall–Kier alpha value is -3.30. The molecular weight excluding hydrogens is 549 g/mol. The van der Waals surface area contributed by atoms with Gasteiger partial charge in [-0.05, 0) is 29.8 Å². The summed E-state index contributed by atoms with van der Waals surface area (Å²) in [5, 5.41) is 10.5. The van der Waals surface area contributed by atoms with E-state index in [4.69, 9.17) is 39.2 Å². The number of pyridine rings is 1. The number of halogens is 3. The van der Waals surface area contributed by atoms with Crippen LogP contribution in [0.25, 0.3) is 21.9 Å². The molecule has 2 heterocycles. The predicted molar refractivity (Wildman–Crippen MR) is 138 cm³/mol. The summed E-state index contributed by atoms with van der Waals surface area (Å²) >= 11 is 17.9. The average molecular weight is 563 g/mol. The average Bonchev–Trinajstić information content (AvgIpc) is 2.84. The lowest BCUT2D eigenvalue weighted by atomic mass is 10.1. The van der Waals surface area contributed by atoms with E-state index in [0.29, 0.717) is 10.9 Å². The number of fused-ring (bicyclic) bond motifs is 3. The first-order chi connectivity index (χ1) is 17.1. The number of sulfone groups is 1. The molecule has 0 aliphatic heterocycles. The highest BCUT2D eigenvalue weighted by Crippen LogP contribution is 2.38. The van der Waals surface area contributed by atoms with Crippen LogP contribution in [0.1, 0.15) is 5.56 Å². The molecule has 3 aromatic carbocycles. The predicted octanol–water partition coefficient (Wildman–Crippen LogP) is 5.65. The molecule has 2 aromatic heterocycles. The maximum Gasteiger partial charge on any atom is 0.359 e. The second-order valence-electron chi connectivity index (χ2n) is 7.87. The van der Waals surface area contributed by atoms with Crippen LogP contribution in [0.5, 0.6) is 5.75 Å². The standard InChI is InChI=1S/C25H14Cl3NO6S/c26-15-10-17(28)19(11-16(15)27)36(33,34)23-21(30)20-22(35-25(23)32)14-8-4-5-9-18(14)29(24(20)31)12-13-6-2-1-3-7-13/h1-11,30H,12H2. The Morgan fingerprint density at radius 1 is 0.861 bits per heavy atom. The van der Waals surface area contributed by atoms with Crippen molar-refractivity contribution in [2.45, 2.75) is 16.3 Å². The van der Waals surface area contributed by atoms with E-state index in [2.05, 4.69) is 0 Å². The largest absolute Gasteiger partial charge is 0.505 e. The molecule has 0 fully saturated rings. The van der Waals surface area contributed by atoms with Crippen LogP contribution in [0.15, 0.2) is 90.5 Å². The third-order valence-electron chi connectivity index (χ3n) is 5.67. The molecule has 0 aliphatic carbocycles. The number of nitrogens with zero attached hydrogens (tertiary/aromatic N) is 1. The van der Waals surface area contributed by atoms with Crippen molar-refractivity contribution in [3.63, 3.8) is 0 Å². The third-order valence-corrected chi connectivity index (χ3v) is 8.64. The van der Waals surface area contributed by atoms with Crippen molar-refractivity contribution >= 4 is 66.5 Å². The van der Waals surface area contributed by atoms with Crippen molar-refractivity contribution in [2.75, 3.05) is 0 Å². The molecule has 0 amide bonds. The van der Waals surface area contributed by atoms with E-state index in [0.717, 1.165) is 17.7 Å². The molecule has 1 N–H and O–H groups in total. The maximum absolute atomic E-state index is 13.6. The second kappa shape index (κ2) is 8.97. The van der Waals surface area contributed by atoms with Crippen LogP contribution in [0, 0.1) is 0 Å². The van der Waals surface area contributed by atoms with E-state index >= 15 is 0 Å². The highest BCUT2D eigenvalue weighted by atomic mass is 35.5. The minimum atomic E-state index is -4.78. The van der Waals surface area contributed by atoms with Crippen LogP contribution < -0.4 is 11.2 Å². The minimum absolute atomic E-state index is 0.00866. The number of rotatable bonds is 4. The van der Waals surface area contributed by atoms with Crippen molar-refractivity contribution in [1.29, 1.82) is 0 Å². The van der Waals surface area contributed by atoms with Crippen molar-refractivity contribution in [2.24, 2.45) is 0 Å². The normalized spacial score (nSPS) is 11.9. The minimum Gasteiger partial charge on any atom is -0.505 e. The maximum atomic E-state index is 13.6. The van der Waals surface area contributed by atoms with Gasteiger partial charge in [0.2, 0.25) is 9.84 Å². The molecule has 182 valence electrons. The van der Waals surface area contributed by atoms with Gasteiger partial charge >= 0.3 is 5.63 Å². The van der Waals surface area contributed by atoms with Crippen LogP contribution in [-0.2, 0) is 16.4 Å². The number of aromatic hydroxyl groups is 1. The lowest BCUT2D eigenvalue weighted by molar-refractivity contribution is 0.441. The molecule has 0 spiro atoms. The van der Waals surface area contributed by atoms with E-state index in [1.807, 2.05) is 30.3 Å². The summed E-state index contributed by atoms with van der Waals surface area (Å²) in [4.78, 5) is 24.9. The second-order valence-corrected chi connectivity index (χ2v) is 10.9. The molecule has 0 atom stereocenters. The van der Waals surface area contributed by atoms with Crippen LogP contribution >= 0.6 is 34.8 Å². The number of benzene rings is 3. The third kappa shape index (κ3) is 3.87. The number of aromatic nitrogens is 1. The lowest BCUT2D eigenvalue weighted by Gasteiger charge is -2.15. The van der Waals surface area contributed by atoms with Gasteiger partial charge in [-0.2, -0.15) is 0 Å². The summed E-state index contributed by atoms with van der Waals surface area (Å²) in [6, 6.07) is 17.8. The highest BCUT2D eigenvalue weighted by Gasteiger charge is 2.33. The summed E-state index contributed by atoms with van der Waals surface area (Å²) in [7, 11) is -4.78. The molecular formula is C25H14Cl3NO6S. The van der Waals surface area contributed by atoms with E-state index in [-0.39, 0.29) is 27.2 Å². The Morgan fingerprint density at radius 3 is 2.22 bits per heavy atom. The zero-order chi connectivity index (χ0) is 25.8. The number of hydrogen-bond acceptors (Lipinski definition) is 6. The molecule has 36 heavy (non-hydrogen) atoms. The first kappa shape index (κ1) is 24.4. The van der Waals surface area contributed by atoms with Crippen molar-refractivity contribution in [3.05, 3.63) is 108 Å². The Bertz CT molecular complexity index is 1920. The SMILES string of the molecule is O=c1oc2c(c(O)c1S(=O)(=O)c1cc(Cl)c(Cl)cc1Cl)c(=O)n(Cc1ccccc1)c1ccccc21. The van der Waals surface area contributed by atoms with Gasteiger partial charge in [0.1, 0.15) is 5.39 Å². The zero-order valence-electron chi connectivity index (χ0n) is 18.0. The fourth-order valence-corrected chi connectivity index (χ4v) is 6.36. The van der Waals surface area contributed by atoms with E-state index in [9.17, 15) is 23.1 Å². The Kier molecular flexibility index (Phi) is 6.08. The Labute approximate surface area is 218 Å². The van der Waals surface area contributed by atoms with Gasteiger partial charge < -0.3 is 14.1 Å². The monoisotopic (exact) mass is 561 g/mol. The van der Waals surface area contributed by atoms with E-state index in [1.54, 1.807) is 24.3 Å². The van der Waals surface area contributed by atoms with E-state index < -0.39 is 41.9 Å². The van der Waals surface area contributed by atoms with Gasteiger partial charge in [-0.3, -0.25) is 4.79 Å². The summed E-state index contributed by atoms with van der Waals surface area (Å²) in [5.74, 6) is -1.04. The summed E-state index contributed by atoms with van der Waals surface area (Å²) in [6.45, 7) is 0.120. The molecule has 0 bridgehead atoms. The molecule has 5 rings (SSSR count). The molecule has 7 nitrogen and oxygen atoms in total. The fraction of sp³-hybridized carbons (Fsp3) is 0.0400. The van der Waals surface area contributed by atoms with Crippen LogP contribution in [0.4, 0.5) is 0 Å². The molecule has 0 saturated heterocycles. The highest BCUT2D eigenvalue weighted by molar-refractivity contribution is 7.91. The summed E-state index contributed by atoms with van der Waals surface area (Å²) in [5.41, 5.74) is -1.12. The molecule has 0 aliphatic rings. The lowest BCUT2D eigenvalue weighted by Crippen LogP contribution is -2.24. The molecule has 11 heteroatoms. The van der Waals surface area contributed by atoms with Gasteiger partial charge in [0.15, 0.2) is 16.2 Å².